The van der Waals surface area contributed by atoms with E-state index in [2.05, 4.69) is 32.9 Å². The first-order valence-electron chi connectivity index (χ1n) is 37.7. The molecule has 0 saturated carbocycles. The van der Waals surface area contributed by atoms with E-state index in [0.29, 0.717) is 19.3 Å². The second-order valence-electron chi connectivity index (χ2n) is 25.9. The lowest BCUT2D eigenvalue weighted by Gasteiger charge is -2.18. The molecule has 0 radical (unpaired) electrons. The minimum Gasteiger partial charge on any atom is -0.462 e. The Morgan fingerprint density at radius 2 is 0.402 bits per heavy atom. The summed E-state index contributed by atoms with van der Waals surface area (Å²) < 4.78 is 17.1. The molecule has 0 heterocycles. The van der Waals surface area contributed by atoms with E-state index in [1.807, 2.05) is 0 Å². The average Bonchev–Trinajstić information content (AvgIpc) is 3.47. The summed E-state index contributed by atoms with van der Waals surface area (Å²) in [4.78, 5) is 38.6. The van der Waals surface area contributed by atoms with Crippen LogP contribution in [0.5, 0.6) is 0 Å². The minimum atomic E-state index is -0.768. The van der Waals surface area contributed by atoms with Crippen LogP contribution in [-0.2, 0) is 28.6 Å². The van der Waals surface area contributed by atoms with Crippen molar-refractivity contribution in [1.82, 2.24) is 0 Å². The van der Waals surface area contributed by atoms with Gasteiger partial charge >= 0.3 is 17.9 Å². The van der Waals surface area contributed by atoms with Crippen LogP contribution in [0, 0.1) is 0 Å². The quantitative estimate of drug-likeness (QED) is 0.0261. The van der Waals surface area contributed by atoms with Crippen LogP contribution in [0.1, 0.15) is 438 Å². The molecule has 0 aromatic heterocycles. The molecule has 82 heavy (non-hydrogen) atoms. The van der Waals surface area contributed by atoms with Gasteiger partial charge in [-0.15, -0.1) is 0 Å². The lowest BCUT2D eigenvalue weighted by molar-refractivity contribution is -0.167. The van der Waals surface area contributed by atoms with Crippen molar-refractivity contribution in [2.45, 2.75) is 444 Å². The Morgan fingerprint density at radius 1 is 0.232 bits per heavy atom. The van der Waals surface area contributed by atoms with Gasteiger partial charge in [-0.05, 0) is 44.9 Å². The molecule has 0 aromatic rings. The monoisotopic (exact) mass is 1160 g/mol. The molecule has 0 bridgehead atoms. The predicted molar refractivity (Wildman–Crippen MR) is 358 cm³/mol. The van der Waals surface area contributed by atoms with Gasteiger partial charge in [0, 0.05) is 19.3 Å². The van der Waals surface area contributed by atoms with Gasteiger partial charge in [0.15, 0.2) is 6.10 Å². The molecule has 0 spiro atoms. The number of rotatable bonds is 71. The molecule has 0 aliphatic heterocycles. The first-order valence-corrected chi connectivity index (χ1v) is 37.7. The number of carbonyl (C=O) groups is 3. The molecular weight excluding hydrogens is 1010 g/mol. The van der Waals surface area contributed by atoms with Gasteiger partial charge in [0.05, 0.1) is 0 Å². The zero-order valence-electron chi connectivity index (χ0n) is 56.1. The number of allylic oxidation sites excluding steroid dienone is 2. The van der Waals surface area contributed by atoms with Crippen molar-refractivity contribution in [2.24, 2.45) is 0 Å². The van der Waals surface area contributed by atoms with Crippen LogP contribution in [0.2, 0.25) is 0 Å². The normalized spacial score (nSPS) is 12.0. The Kier molecular flexibility index (Phi) is 70.0. The molecule has 0 aliphatic rings. The van der Waals surface area contributed by atoms with Crippen LogP contribution in [0.15, 0.2) is 12.2 Å². The third-order valence-electron chi connectivity index (χ3n) is 17.5. The highest BCUT2D eigenvalue weighted by atomic mass is 16.6. The zero-order valence-corrected chi connectivity index (χ0v) is 56.1. The number of hydrogen-bond acceptors (Lipinski definition) is 6. The van der Waals surface area contributed by atoms with E-state index in [1.54, 1.807) is 0 Å². The summed E-state index contributed by atoms with van der Waals surface area (Å²) in [5, 5.41) is 0. The van der Waals surface area contributed by atoms with E-state index in [9.17, 15) is 14.4 Å². The summed E-state index contributed by atoms with van der Waals surface area (Å²) >= 11 is 0. The summed E-state index contributed by atoms with van der Waals surface area (Å²) in [6.07, 6.45) is 86.8. The molecule has 0 aromatic carbocycles. The van der Waals surface area contributed by atoms with E-state index in [4.69, 9.17) is 14.2 Å². The first kappa shape index (κ1) is 80.2. The third kappa shape index (κ3) is 68.9. The fourth-order valence-corrected chi connectivity index (χ4v) is 11.9. The Labute approximate surface area is 513 Å². The maximum atomic E-state index is 13.0. The summed E-state index contributed by atoms with van der Waals surface area (Å²) in [7, 11) is 0. The van der Waals surface area contributed by atoms with E-state index >= 15 is 0 Å². The predicted octanol–water partition coefficient (Wildman–Crippen LogP) is 26.0. The highest BCUT2D eigenvalue weighted by Gasteiger charge is 2.20. The molecule has 0 amide bonds. The first-order chi connectivity index (χ1) is 40.5. The van der Waals surface area contributed by atoms with Gasteiger partial charge in [-0.3, -0.25) is 14.4 Å². The number of ether oxygens (including phenoxy) is 3. The van der Waals surface area contributed by atoms with E-state index in [1.165, 1.54) is 340 Å². The number of carbonyl (C=O) groups excluding carboxylic acids is 3. The standard InChI is InChI=1S/C76H146O6/c1-4-7-10-13-16-19-22-25-28-31-34-36-37-38-40-42-45-48-51-54-57-60-63-66-69-75(78)81-72-73(71-80-74(77)68-65-62-59-56-53-50-47-44-41-33-30-27-24-21-18-15-12-9-6-3)82-76(79)70-67-64-61-58-55-52-49-46-43-39-35-32-29-26-23-20-17-14-11-8-5-2/h27,30,73H,4-26,28-29,31-72H2,1-3H3/b30-27-. The van der Waals surface area contributed by atoms with Crippen LogP contribution in [-0.4, -0.2) is 37.2 Å². The molecule has 0 fully saturated rings. The van der Waals surface area contributed by atoms with Crippen molar-refractivity contribution in [3.8, 4) is 0 Å². The van der Waals surface area contributed by atoms with E-state index in [0.717, 1.165) is 57.8 Å². The number of esters is 3. The highest BCUT2D eigenvalue weighted by Crippen LogP contribution is 2.20. The van der Waals surface area contributed by atoms with Crippen molar-refractivity contribution in [2.75, 3.05) is 13.2 Å². The van der Waals surface area contributed by atoms with Crippen LogP contribution in [0.4, 0.5) is 0 Å². The van der Waals surface area contributed by atoms with Crippen molar-refractivity contribution in [3.63, 3.8) is 0 Å². The van der Waals surface area contributed by atoms with Gasteiger partial charge in [-0.2, -0.15) is 0 Å². The van der Waals surface area contributed by atoms with Crippen LogP contribution in [0.3, 0.4) is 0 Å². The molecule has 0 rings (SSSR count). The van der Waals surface area contributed by atoms with Crippen LogP contribution >= 0.6 is 0 Å². The highest BCUT2D eigenvalue weighted by molar-refractivity contribution is 5.71. The third-order valence-corrected chi connectivity index (χ3v) is 17.5. The van der Waals surface area contributed by atoms with E-state index in [-0.39, 0.29) is 31.1 Å². The molecule has 1 atom stereocenters. The van der Waals surface area contributed by atoms with Gasteiger partial charge in [-0.25, -0.2) is 0 Å². The average molecular weight is 1160 g/mol. The van der Waals surface area contributed by atoms with Crippen LogP contribution < -0.4 is 0 Å². The molecule has 0 aliphatic carbocycles. The summed E-state index contributed by atoms with van der Waals surface area (Å²) in [5.74, 6) is -0.824. The topological polar surface area (TPSA) is 78.9 Å². The minimum absolute atomic E-state index is 0.0630. The van der Waals surface area contributed by atoms with Crippen molar-refractivity contribution >= 4 is 17.9 Å². The Bertz CT molecular complexity index is 1280. The maximum absolute atomic E-state index is 13.0. The fourth-order valence-electron chi connectivity index (χ4n) is 11.9. The van der Waals surface area contributed by atoms with Crippen molar-refractivity contribution < 1.29 is 28.6 Å². The molecule has 486 valence electrons. The Balaban J connectivity index is 4.27. The number of hydrogen-bond donors (Lipinski definition) is 0. The van der Waals surface area contributed by atoms with Gasteiger partial charge in [0.2, 0.25) is 0 Å². The fraction of sp³-hybridized carbons (Fsp3) is 0.934. The maximum Gasteiger partial charge on any atom is 0.306 e. The van der Waals surface area contributed by atoms with Gasteiger partial charge in [-0.1, -0.05) is 386 Å². The summed E-state index contributed by atoms with van der Waals surface area (Å²) in [6.45, 7) is 6.74. The van der Waals surface area contributed by atoms with E-state index < -0.39 is 6.10 Å². The second kappa shape index (κ2) is 71.6. The smallest absolute Gasteiger partial charge is 0.306 e. The molecule has 0 N–H and O–H groups in total. The Hall–Kier alpha value is -1.85. The lowest BCUT2D eigenvalue weighted by atomic mass is 10.0. The molecule has 6 nitrogen and oxygen atoms in total. The second-order valence-corrected chi connectivity index (χ2v) is 25.9. The van der Waals surface area contributed by atoms with Crippen molar-refractivity contribution in [3.05, 3.63) is 12.2 Å². The van der Waals surface area contributed by atoms with Gasteiger partial charge < -0.3 is 14.2 Å². The number of unbranched alkanes of at least 4 members (excludes halogenated alkanes) is 58. The molecule has 6 heteroatoms. The summed E-state index contributed by atoms with van der Waals surface area (Å²) in [6, 6.07) is 0. The van der Waals surface area contributed by atoms with Crippen LogP contribution in [0.25, 0.3) is 0 Å². The largest absolute Gasteiger partial charge is 0.462 e. The van der Waals surface area contributed by atoms with Gasteiger partial charge in [0.1, 0.15) is 13.2 Å². The Morgan fingerprint density at radius 3 is 0.610 bits per heavy atom. The molecule has 1 unspecified atom stereocenters. The zero-order chi connectivity index (χ0) is 59.2. The van der Waals surface area contributed by atoms with Gasteiger partial charge in [0.25, 0.3) is 0 Å². The molecule has 0 saturated heterocycles. The lowest BCUT2D eigenvalue weighted by Crippen LogP contribution is -2.30. The SMILES string of the molecule is CCCCCCCC/C=C\CCCCCCCCCCCC(=O)OCC(COC(=O)CCCCCCCCCCCCCCCCCCCCCCCCCC)OC(=O)CCCCCCCCCCCCCCCCCCCCCCC. The van der Waals surface area contributed by atoms with Crippen molar-refractivity contribution in [1.29, 1.82) is 0 Å². The molecular formula is C76H146O6. The summed E-state index contributed by atoms with van der Waals surface area (Å²) in [5.41, 5.74) is 0.